The monoisotopic (exact) mass is 266 g/mol. The molecule has 2 unspecified atom stereocenters. The van der Waals surface area contributed by atoms with E-state index < -0.39 is 0 Å². The number of likely N-dealkylation sites (tertiary alicyclic amines) is 2. The topological polar surface area (TPSA) is 26.7 Å². The van der Waals surface area contributed by atoms with Gasteiger partial charge in [-0.25, -0.2) is 0 Å². The van der Waals surface area contributed by atoms with Crippen LogP contribution in [0.25, 0.3) is 0 Å². The van der Waals surface area contributed by atoms with Gasteiger partial charge >= 0.3 is 0 Å². The van der Waals surface area contributed by atoms with Crippen molar-refractivity contribution in [2.24, 2.45) is 5.92 Å². The van der Waals surface area contributed by atoms with Gasteiger partial charge in [-0.1, -0.05) is 0 Å². The highest BCUT2D eigenvalue weighted by molar-refractivity contribution is 4.84. The summed E-state index contributed by atoms with van der Waals surface area (Å²) in [6.45, 7) is 6.58. The number of piperidine rings is 1. The SMILES string of the molecule is OC1CCCC(N2CCC(CN3CCCC3)CC2)C1. The summed E-state index contributed by atoms with van der Waals surface area (Å²) in [5.74, 6) is 0.933. The van der Waals surface area contributed by atoms with Gasteiger partial charge in [0, 0.05) is 12.6 Å². The Morgan fingerprint density at radius 1 is 0.842 bits per heavy atom. The molecule has 19 heavy (non-hydrogen) atoms. The minimum atomic E-state index is -0.0268. The molecule has 0 aromatic rings. The van der Waals surface area contributed by atoms with E-state index in [2.05, 4.69) is 9.80 Å². The fourth-order valence-electron chi connectivity index (χ4n) is 4.30. The lowest BCUT2D eigenvalue weighted by Gasteiger charge is -2.41. The fraction of sp³-hybridized carbons (Fsp3) is 1.00. The van der Waals surface area contributed by atoms with Crippen molar-refractivity contribution in [3.63, 3.8) is 0 Å². The van der Waals surface area contributed by atoms with Crippen molar-refractivity contribution in [3.05, 3.63) is 0 Å². The largest absolute Gasteiger partial charge is 0.393 e. The van der Waals surface area contributed by atoms with Crippen molar-refractivity contribution in [1.29, 1.82) is 0 Å². The Morgan fingerprint density at radius 3 is 2.26 bits per heavy atom. The number of nitrogens with zero attached hydrogens (tertiary/aromatic N) is 2. The first-order chi connectivity index (χ1) is 9.31. The Hall–Kier alpha value is -0.120. The van der Waals surface area contributed by atoms with Gasteiger partial charge in [-0.2, -0.15) is 0 Å². The molecule has 2 aliphatic heterocycles. The van der Waals surface area contributed by atoms with Crippen molar-refractivity contribution in [2.45, 2.75) is 63.5 Å². The molecule has 3 aliphatic rings. The number of hydrogen-bond donors (Lipinski definition) is 1. The third-order valence-electron chi connectivity index (χ3n) is 5.50. The first-order valence-electron chi connectivity index (χ1n) is 8.46. The van der Waals surface area contributed by atoms with Gasteiger partial charge in [-0.3, -0.25) is 0 Å². The van der Waals surface area contributed by atoms with Crippen molar-refractivity contribution >= 4 is 0 Å². The summed E-state index contributed by atoms with van der Waals surface area (Å²) in [5, 5.41) is 9.82. The maximum absolute atomic E-state index is 9.82. The summed E-state index contributed by atoms with van der Waals surface area (Å²) in [4.78, 5) is 5.34. The number of aliphatic hydroxyl groups excluding tert-OH is 1. The molecule has 0 aromatic heterocycles. The lowest BCUT2D eigenvalue weighted by Crippen LogP contribution is -2.45. The predicted molar refractivity (Wildman–Crippen MR) is 78.2 cm³/mol. The summed E-state index contributed by atoms with van der Waals surface area (Å²) in [6.07, 6.45) is 10.1. The molecule has 3 nitrogen and oxygen atoms in total. The Kier molecular flexibility index (Phi) is 4.78. The van der Waals surface area contributed by atoms with Gasteiger partial charge in [0.1, 0.15) is 0 Å². The first kappa shape index (κ1) is 13.8. The standard InChI is InChI=1S/C16H30N2O/c19-16-5-3-4-15(12-16)18-10-6-14(7-11-18)13-17-8-1-2-9-17/h14-16,19H,1-13H2. The highest BCUT2D eigenvalue weighted by Crippen LogP contribution is 2.28. The molecule has 3 rings (SSSR count). The normalized spacial score (nSPS) is 35.8. The van der Waals surface area contributed by atoms with Gasteiger partial charge in [0.05, 0.1) is 6.10 Å². The second-order valence-electron chi connectivity index (χ2n) is 6.96. The maximum Gasteiger partial charge on any atom is 0.0555 e. The zero-order chi connectivity index (χ0) is 13.1. The van der Waals surface area contributed by atoms with Crippen LogP contribution in [0.1, 0.15) is 51.4 Å². The van der Waals surface area contributed by atoms with E-state index in [1.165, 1.54) is 71.2 Å². The Bertz CT molecular complexity index is 270. The van der Waals surface area contributed by atoms with Crippen LogP contribution in [0, 0.1) is 5.92 Å². The van der Waals surface area contributed by atoms with Crippen molar-refractivity contribution in [3.8, 4) is 0 Å². The van der Waals surface area contributed by atoms with E-state index in [4.69, 9.17) is 0 Å². The number of aliphatic hydroxyl groups is 1. The van der Waals surface area contributed by atoms with E-state index in [0.717, 1.165) is 18.8 Å². The molecule has 0 amide bonds. The van der Waals surface area contributed by atoms with E-state index in [9.17, 15) is 5.11 Å². The van der Waals surface area contributed by atoms with E-state index >= 15 is 0 Å². The molecule has 0 bridgehead atoms. The summed E-state index contributed by atoms with van der Waals surface area (Å²) in [5.41, 5.74) is 0. The van der Waals surface area contributed by atoms with Crippen LogP contribution in [-0.2, 0) is 0 Å². The molecule has 0 radical (unpaired) electrons. The third kappa shape index (κ3) is 3.71. The molecule has 1 N–H and O–H groups in total. The zero-order valence-corrected chi connectivity index (χ0v) is 12.3. The fourth-order valence-corrected chi connectivity index (χ4v) is 4.30. The molecule has 0 aromatic carbocycles. The lowest BCUT2D eigenvalue weighted by atomic mass is 9.88. The van der Waals surface area contributed by atoms with Crippen LogP contribution in [0.2, 0.25) is 0 Å². The van der Waals surface area contributed by atoms with Crippen molar-refractivity contribution in [1.82, 2.24) is 9.80 Å². The Labute approximate surface area is 118 Å². The van der Waals surface area contributed by atoms with Crippen LogP contribution < -0.4 is 0 Å². The average molecular weight is 266 g/mol. The minimum Gasteiger partial charge on any atom is -0.393 e. The van der Waals surface area contributed by atoms with Crippen LogP contribution in [0.15, 0.2) is 0 Å². The second kappa shape index (κ2) is 6.55. The molecule has 2 heterocycles. The molecule has 0 spiro atoms. The van der Waals surface area contributed by atoms with Gasteiger partial charge in [-0.15, -0.1) is 0 Å². The van der Waals surface area contributed by atoms with E-state index in [-0.39, 0.29) is 6.10 Å². The van der Waals surface area contributed by atoms with Crippen molar-refractivity contribution in [2.75, 3.05) is 32.7 Å². The summed E-state index contributed by atoms with van der Waals surface area (Å²) >= 11 is 0. The highest BCUT2D eigenvalue weighted by Gasteiger charge is 2.29. The van der Waals surface area contributed by atoms with Crippen LogP contribution in [0.4, 0.5) is 0 Å². The minimum absolute atomic E-state index is 0.0268. The van der Waals surface area contributed by atoms with Gasteiger partial charge in [0.25, 0.3) is 0 Å². The molecule has 3 fully saturated rings. The van der Waals surface area contributed by atoms with Gasteiger partial charge in [-0.05, 0) is 83.5 Å². The number of rotatable bonds is 3. The average Bonchev–Trinajstić information content (AvgIpc) is 2.92. The van der Waals surface area contributed by atoms with Crippen LogP contribution >= 0.6 is 0 Å². The van der Waals surface area contributed by atoms with E-state index in [1.807, 2.05) is 0 Å². The molecule has 110 valence electrons. The van der Waals surface area contributed by atoms with Gasteiger partial charge in [0.2, 0.25) is 0 Å². The van der Waals surface area contributed by atoms with Crippen molar-refractivity contribution < 1.29 is 5.11 Å². The maximum atomic E-state index is 9.82. The lowest BCUT2D eigenvalue weighted by molar-refractivity contribution is 0.0410. The van der Waals surface area contributed by atoms with E-state index in [1.54, 1.807) is 0 Å². The summed E-state index contributed by atoms with van der Waals surface area (Å²) < 4.78 is 0. The van der Waals surface area contributed by atoms with Gasteiger partial charge in [0.15, 0.2) is 0 Å². The van der Waals surface area contributed by atoms with Crippen LogP contribution in [0.5, 0.6) is 0 Å². The highest BCUT2D eigenvalue weighted by atomic mass is 16.3. The molecule has 2 saturated heterocycles. The van der Waals surface area contributed by atoms with Crippen LogP contribution in [0.3, 0.4) is 0 Å². The van der Waals surface area contributed by atoms with Gasteiger partial charge < -0.3 is 14.9 Å². The van der Waals surface area contributed by atoms with Crippen LogP contribution in [-0.4, -0.2) is 59.8 Å². The zero-order valence-electron chi connectivity index (χ0n) is 12.3. The Morgan fingerprint density at radius 2 is 1.58 bits per heavy atom. The smallest absolute Gasteiger partial charge is 0.0555 e. The van der Waals surface area contributed by atoms with E-state index in [0.29, 0.717) is 6.04 Å². The number of hydrogen-bond acceptors (Lipinski definition) is 3. The molecular formula is C16H30N2O. The summed E-state index contributed by atoms with van der Waals surface area (Å²) in [6, 6.07) is 0.677. The summed E-state index contributed by atoms with van der Waals surface area (Å²) in [7, 11) is 0. The molecular weight excluding hydrogens is 236 g/mol. The molecule has 3 heteroatoms. The second-order valence-corrected chi connectivity index (χ2v) is 6.96. The molecule has 2 atom stereocenters. The third-order valence-corrected chi connectivity index (χ3v) is 5.50. The quantitative estimate of drug-likeness (QED) is 0.847. The first-order valence-corrected chi connectivity index (χ1v) is 8.46. The molecule has 1 aliphatic carbocycles. The predicted octanol–water partition coefficient (Wildman–Crippen LogP) is 2.10. The molecule has 1 saturated carbocycles. The Balaban J connectivity index is 1.41.